The van der Waals surface area contributed by atoms with Crippen molar-refractivity contribution in [2.24, 2.45) is 97.1 Å². The number of aliphatic hydroxyl groups is 3. The number of carbonyl (C=O) groups is 1. The highest BCUT2D eigenvalue weighted by atomic mass is 16.4. The zero-order chi connectivity index (χ0) is 61.7. The summed E-state index contributed by atoms with van der Waals surface area (Å²) in [6, 6.07) is 29.9. The Hall–Kier alpha value is -5.81. The van der Waals surface area contributed by atoms with Gasteiger partial charge in [0.1, 0.15) is 0 Å². The standard InChI is InChI=1S/C84H100N2O5/c1-78-34-14-35-82-49-67-66-43-55-18-11-22-58(42-55)60-27-29-73(86-51-60)85-40-13-24-63(57-19-7-4-8-20-57)61(52-87)26-28-65(76(90)91)74-71(88)50-84-62-47-80(81(48-62)38-31-56(46-81)41-53-15-5-3-6-16-53)37-30-54(45-80)17-12-25-68(82)75(84)69(32-36-79(74,84)2)83(77(78)82,39-33-72(78)89)70(67)44-59-21-9-10-23-64(59)66/h3,5-6,9-11,14-16,18,21-23,27,29,35,42,44,49,52,54,56-57,62-63,65,68,70-72,74,77,85-89H,4,7-8,13,17,19-20,24,26,28,30-34,36-41,43,45-48,50-51H2,1-2H3,(H,90,91). The second-order valence-corrected chi connectivity index (χ2v) is 33.3. The van der Waals surface area contributed by atoms with Crippen LogP contribution in [0, 0.1) is 109 Å². The fourth-order valence-corrected chi connectivity index (χ4v) is 26.4. The van der Waals surface area contributed by atoms with Crippen molar-refractivity contribution in [1.82, 2.24) is 10.6 Å². The van der Waals surface area contributed by atoms with Crippen LogP contribution in [0.15, 0.2) is 144 Å². The molecule has 6 N–H and O–H groups in total. The van der Waals surface area contributed by atoms with Crippen LogP contribution >= 0.6 is 0 Å². The van der Waals surface area contributed by atoms with Gasteiger partial charge in [-0.3, -0.25) is 4.79 Å². The summed E-state index contributed by atoms with van der Waals surface area (Å²) >= 11 is 0. The van der Waals surface area contributed by atoms with Crippen LogP contribution < -0.4 is 21.1 Å². The molecule has 5 spiro atoms. The SMILES string of the molecule is CC12CC=CC34C=C5C6=c7ccccc7=CC5C(CCC1O)(C1=C5C3C#CCC3CCC7(C3)CC(CC73CCC(Cc7ccccc7)C3)C53CC(O)C(C(C(=O)O)CCC(=CO)C(C5CCCCC5)CCCNC5=CC=C(CN5)c5cccc(c5)C6)C3(C)CC1)C42. The van der Waals surface area contributed by atoms with Gasteiger partial charge in [-0.15, -0.1) is 5.92 Å². The van der Waals surface area contributed by atoms with Gasteiger partial charge in [-0.05, 0) is 254 Å². The quantitative estimate of drug-likeness (QED) is 0.0874. The lowest BCUT2D eigenvalue weighted by Crippen LogP contribution is -2.70. The van der Waals surface area contributed by atoms with Crippen molar-refractivity contribution < 1.29 is 25.2 Å². The van der Waals surface area contributed by atoms with E-state index in [1.54, 1.807) is 11.1 Å². The number of rotatable bonds is 4. The third kappa shape index (κ3) is 8.60. The van der Waals surface area contributed by atoms with Crippen LogP contribution in [0.5, 0.6) is 0 Å². The molecule has 0 radical (unpaired) electrons. The summed E-state index contributed by atoms with van der Waals surface area (Å²) in [6.07, 6.45) is 41.2. The summed E-state index contributed by atoms with van der Waals surface area (Å²) in [5, 5.41) is 61.0. The van der Waals surface area contributed by atoms with Crippen molar-refractivity contribution in [2.75, 3.05) is 13.1 Å². The molecular formula is C84H100N2O5. The average Bonchev–Trinajstić information content (AvgIpc) is 1.60. The lowest BCUT2D eigenvalue weighted by atomic mass is 9.29. The van der Waals surface area contributed by atoms with Gasteiger partial charge in [0.2, 0.25) is 0 Å². The molecule has 0 saturated heterocycles. The summed E-state index contributed by atoms with van der Waals surface area (Å²) < 4.78 is 0. The molecule has 7 heteroatoms. The molecule has 0 aromatic heterocycles. The first-order valence-electron chi connectivity index (χ1n) is 36.6. The number of carboxylic acid groups (broad SMARTS) is 1. The van der Waals surface area contributed by atoms with Crippen LogP contribution in [-0.4, -0.2) is 51.7 Å². The van der Waals surface area contributed by atoms with Crippen molar-refractivity contribution in [1.29, 1.82) is 0 Å². The van der Waals surface area contributed by atoms with E-state index in [4.69, 9.17) is 0 Å². The third-order valence-electron chi connectivity index (χ3n) is 29.7. The second kappa shape index (κ2) is 21.9. The summed E-state index contributed by atoms with van der Waals surface area (Å²) in [4.78, 5) is 14.9. The zero-order valence-corrected chi connectivity index (χ0v) is 54.5. The molecule has 7 nitrogen and oxygen atoms in total. The molecule has 4 heterocycles. The Bertz CT molecular complexity index is 3850. The number of aliphatic carboxylic acids is 1. The van der Waals surface area contributed by atoms with Gasteiger partial charge in [-0.2, -0.15) is 0 Å². The molecule has 16 aliphatic rings. The summed E-state index contributed by atoms with van der Waals surface area (Å²) in [5.41, 5.74) is 10.2. The van der Waals surface area contributed by atoms with E-state index in [0.29, 0.717) is 37.0 Å². The van der Waals surface area contributed by atoms with Crippen molar-refractivity contribution in [2.45, 2.75) is 193 Å². The number of carboxylic acids is 1. The number of benzene rings is 3. The molecule has 6 saturated carbocycles. The van der Waals surface area contributed by atoms with E-state index < -0.39 is 51.7 Å². The Morgan fingerprint density at radius 2 is 1.62 bits per heavy atom. The molecule has 18 atom stereocenters. The number of fused-ring (bicyclic) bond motifs is 5. The van der Waals surface area contributed by atoms with Gasteiger partial charge in [0, 0.05) is 53.0 Å². The van der Waals surface area contributed by atoms with E-state index in [1.165, 1.54) is 108 Å². The second-order valence-electron chi connectivity index (χ2n) is 33.3. The summed E-state index contributed by atoms with van der Waals surface area (Å²) in [5.74, 6) is 9.52. The van der Waals surface area contributed by atoms with E-state index in [1.807, 2.05) is 0 Å². The number of hydrogen-bond donors (Lipinski definition) is 6. The van der Waals surface area contributed by atoms with Crippen LogP contribution in [0.25, 0.3) is 17.2 Å². The average molecular weight is 1220 g/mol. The van der Waals surface area contributed by atoms with Crippen LogP contribution in [0.4, 0.5) is 0 Å². The molecular weight excluding hydrogens is 1120 g/mol. The van der Waals surface area contributed by atoms with Crippen LogP contribution in [-0.2, 0) is 17.6 Å². The molecule has 4 aliphatic heterocycles. The van der Waals surface area contributed by atoms with Gasteiger partial charge in [0.25, 0.3) is 0 Å². The minimum atomic E-state index is -0.823. The fraction of sp³-hybridized carbons (Fsp3) is 0.583. The normalized spacial score (nSPS) is 43.1. The first kappa shape index (κ1) is 59.0. The number of dihydropyridines is 1. The Morgan fingerprint density at radius 1 is 0.791 bits per heavy atom. The van der Waals surface area contributed by atoms with Gasteiger partial charge in [-0.25, -0.2) is 0 Å². The predicted molar refractivity (Wildman–Crippen MR) is 362 cm³/mol. The largest absolute Gasteiger partial charge is 0.516 e. The highest BCUT2D eigenvalue weighted by molar-refractivity contribution is 5.78. The predicted octanol–water partition coefficient (Wildman–Crippen LogP) is 15.2. The first-order valence-corrected chi connectivity index (χ1v) is 36.6. The van der Waals surface area contributed by atoms with Crippen molar-refractivity contribution in [3.63, 3.8) is 0 Å². The molecule has 6 fully saturated rings. The molecule has 12 aliphatic carbocycles. The fourth-order valence-electron chi connectivity index (χ4n) is 26.4. The Labute approximate surface area is 541 Å². The van der Waals surface area contributed by atoms with Crippen LogP contribution in [0.2, 0.25) is 0 Å². The van der Waals surface area contributed by atoms with E-state index in [-0.39, 0.29) is 45.8 Å². The topological polar surface area (TPSA) is 122 Å². The van der Waals surface area contributed by atoms with Gasteiger partial charge < -0.3 is 31.1 Å². The number of hydrogen-bond acceptors (Lipinski definition) is 6. The Morgan fingerprint density at radius 3 is 2.44 bits per heavy atom. The molecule has 91 heavy (non-hydrogen) atoms. The van der Waals surface area contributed by atoms with E-state index >= 15 is 0 Å². The highest BCUT2D eigenvalue weighted by Gasteiger charge is 2.80. The van der Waals surface area contributed by atoms with E-state index in [2.05, 4.69) is 152 Å². The lowest BCUT2D eigenvalue weighted by Gasteiger charge is -2.74. The molecule has 18 unspecified atom stereocenters. The Balaban J connectivity index is 0.904. The number of aliphatic hydroxyl groups excluding tert-OH is 3. The van der Waals surface area contributed by atoms with Gasteiger partial charge in [0.05, 0.1) is 36.1 Å². The van der Waals surface area contributed by atoms with E-state index in [0.717, 1.165) is 114 Å². The smallest absolute Gasteiger partial charge is 0.306 e. The number of allylic oxidation sites excluding steroid dienone is 9. The monoisotopic (exact) mass is 1220 g/mol. The first-order chi connectivity index (χ1) is 44.3. The lowest BCUT2D eigenvalue weighted by molar-refractivity contribution is -0.170. The Kier molecular flexibility index (Phi) is 14.2. The molecule has 476 valence electrons. The van der Waals surface area contributed by atoms with Crippen molar-refractivity contribution >= 4 is 23.2 Å². The van der Waals surface area contributed by atoms with Crippen molar-refractivity contribution in [3.8, 4) is 11.8 Å². The molecule has 3 aromatic rings. The van der Waals surface area contributed by atoms with Gasteiger partial charge in [-0.1, -0.05) is 154 Å². The molecule has 19 rings (SSSR count). The highest BCUT2D eigenvalue weighted by Crippen LogP contribution is 2.85. The summed E-state index contributed by atoms with van der Waals surface area (Å²) in [6.45, 7) is 6.55. The van der Waals surface area contributed by atoms with Crippen LogP contribution in [0.1, 0.15) is 185 Å². The maximum Gasteiger partial charge on any atom is 0.306 e. The maximum absolute atomic E-state index is 14.9. The third-order valence-corrected chi connectivity index (χ3v) is 29.7. The number of nitrogens with one attached hydrogen (secondary N) is 2. The van der Waals surface area contributed by atoms with Crippen molar-refractivity contribution in [3.05, 3.63) is 171 Å². The maximum atomic E-state index is 14.9. The molecule has 3 aromatic carbocycles. The summed E-state index contributed by atoms with van der Waals surface area (Å²) in [7, 11) is 0. The molecule has 0 amide bonds. The van der Waals surface area contributed by atoms with Gasteiger partial charge in [0.15, 0.2) is 0 Å². The van der Waals surface area contributed by atoms with E-state index in [9.17, 15) is 25.2 Å². The van der Waals surface area contributed by atoms with Gasteiger partial charge >= 0.3 is 5.97 Å². The van der Waals surface area contributed by atoms with Crippen LogP contribution in [0.3, 0.4) is 0 Å². The molecule has 18 bridgehead atoms. The zero-order valence-electron chi connectivity index (χ0n) is 54.5. The minimum absolute atomic E-state index is 0.0495. The minimum Gasteiger partial charge on any atom is -0.516 e.